The number of rotatable bonds is 1. The number of imidazole rings is 1. The van der Waals surface area contributed by atoms with Gasteiger partial charge in [0.15, 0.2) is 0 Å². The standard InChI is InChI=1S/C21H30N2O/c1-20-8-7-18-16(4-3-14-11-15(24)12-21(14,18)2)17(20)5-6-19(20)23-10-9-22-13-23/h6,9-10,13-18,24H,3-5,7-8,11-12H2,1-2H3/t14-,15?,16-,17-,18-,20-,21-/m0/s1. The molecule has 4 aliphatic rings. The molecule has 5 rings (SSSR count). The van der Waals surface area contributed by atoms with Gasteiger partial charge in [-0.25, -0.2) is 4.98 Å². The summed E-state index contributed by atoms with van der Waals surface area (Å²) in [7, 11) is 0. The number of nitrogens with zero attached hydrogens (tertiary/aromatic N) is 2. The number of hydrogen-bond acceptors (Lipinski definition) is 2. The average Bonchev–Trinajstić information content (AvgIpc) is 3.22. The quantitative estimate of drug-likeness (QED) is 0.833. The number of aliphatic hydroxyl groups is 1. The number of fused-ring (bicyclic) bond motifs is 5. The van der Waals surface area contributed by atoms with Gasteiger partial charge in [-0.15, -0.1) is 0 Å². The maximum absolute atomic E-state index is 10.3. The molecule has 0 aromatic carbocycles. The van der Waals surface area contributed by atoms with E-state index in [2.05, 4.69) is 35.7 Å². The van der Waals surface area contributed by atoms with E-state index < -0.39 is 0 Å². The van der Waals surface area contributed by atoms with Crippen molar-refractivity contribution in [1.82, 2.24) is 9.55 Å². The van der Waals surface area contributed by atoms with Crippen LogP contribution in [0.15, 0.2) is 24.8 Å². The maximum Gasteiger partial charge on any atom is 0.0989 e. The molecule has 3 saturated carbocycles. The predicted molar refractivity (Wildman–Crippen MR) is 95.0 cm³/mol. The van der Waals surface area contributed by atoms with Gasteiger partial charge in [0.1, 0.15) is 0 Å². The minimum atomic E-state index is -0.0460. The molecule has 7 atom stereocenters. The van der Waals surface area contributed by atoms with Crippen molar-refractivity contribution < 1.29 is 5.11 Å². The summed E-state index contributed by atoms with van der Waals surface area (Å²) in [4.78, 5) is 4.27. The molecule has 24 heavy (non-hydrogen) atoms. The first kappa shape index (κ1) is 15.2. The zero-order chi connectivity index (χ0) is 16.5. The minimum Gasteiger partial charge on any atom is -0.393 e. The fourth-order valence-corrected chi connectivity index (χ4v) is 7.51. The van der Waals surface area contributed by atoms with Crippen molar-refractivity contribution in [2.24, 2.45) is 34.5 Å². The molecular weight excluding hydrogens is 296 g/mol. The lowest BCUT2D eigenvalue weighted by molar-refractivity contribution is -0.0666. The van der Waals surface area contributed by atoms with Gasteiger partial charge in [0.05, 0.1) is 12.4 Å². The summed E-state index contributed by atoms with van der Waals surface area (Å²) in [5.41, 5.74) is 2.19. The Morgan fingerprint density at radius 1 is 1.21 bits per heavy atom. The molecule has 0 bridgehead atoms. The average molecular weight is 326 g/mol. The van der Waals surface area contributed by atoms with Crippen molar-refractivity contribution in [2.45, 2.75) is 64.9 Å². The lowest BCUT2D eigenvalue weighted by Gasteiger charge is -2.57. The van der Waals surface area contributed by atoms with Crippen LogP contribution < -0.4 is 0 Å². The molecular formula is C21H30N2O. The molecule has 0 aliphatic heterocycles. The molecule has 3 heteroatoms. The van der Waals surface area contributed by atoms with Crippen LogP contribution in [-0.4, -0.2) is 20.8 Å². The van der Waals surface area contributed by atoms with Crippen LogP contribution in [0.4, 0.5) is 0 Å². The Kier molecular flexibility index (Phi) is 3.14. The second kappa shape index (κ2) is 4.97. The second-order valence-electron chi connectivity index (χ2n) is 9.50. The summed E-state index contributed by atoms with van der Waals surface area (Å²) in [6.45, 7) is 5.01. The Balaban J connectivity index is 1.47. The summed E-state index contributed by atoms with van der Waals surface area (Å²) in [6.07, 6.45) is 17.1. The van der Waals surface area contributed by atoms with Crippen LogP contribution in [0.5, 0.6) is 0 Å². The van der Waals surface area contributed by atoms with E-state index in [4.69, 9.17) is 0 Å². The third-order valence-corrected chi connectivity index (χ3v) is 8.62. The monoisotopic (exact) mass is 326 g/mol. The van der Waals surface area contributed by atoms with Gasteiger partial charge >= 0.3 is 0 Å². The van der Waals surface area contributed by atoms with Crippen molar-refractivity contribution in [2.75, 3.05) is 0 Å². The molecule has 0 spiro atoms. The maximum atomic E-state index is 10.3. The lowest BCUT2D eigenvalue weighted by Crippen LogP contribution is -2.50. The van der Waals surface area contributed by atoms with Gasteiger partial charge in [0.25, 0.3) is 0 Å². The molecule has 3 fully saturated rings. The Labute approximate surface area is 145 Å². The number of aliphatic hydroxyl groups excluding tert-OH is 1. The van der Waals surface area contributed by atoms with Gasteiger partial charge in [-0.1, -0.05) is 19.9 Å². The molecule has 1 N–H and O–H groups in total. The first-order valence-electron chi connectivity index (χ1n) is 9.89. The number of aromatic nitrogens is 2. The molecule has 1 heterocycles. The van der Waals surface area contributed by atoms with E-state index in [1.807, 2.05) is 12.5 Å². The summed E-state index contributed by atoms with van der Waals surface area (Å²) in [5.74, 6) is 3.21. The molecule has 3 nitrogen and oxygen atoms in total. The molecule has 0 radical (unpaired) electrons. The second-order valence-corrected chi connectivity index (χ2v) is 9.50. The highest BCUT2D eigenvalue weighted by Gasteiger charge is 2.60. The van der Waals surface area contributed by atoms with E-state index in [9.17, 15) is 5.11 Å². The van der Waals surface area contributed by atoms with E-state index in [0.717, 1.165) is 36.5 Å². The highest BCUT2D eigenvalue weighted by molar-refractivity contribution is 5.56. The van der Waals surface area contributed by atoms with E-state index in [1.165, 1.54) is 37.8 Å². The topological polar surface area (TPSA) is 38.0 Å². The van der Waals surface area contributed by atoms with Crippen molar-refractivity contribution in [3.05, 3.63) is 24.8 Å². The summed E-state index contributed by atoms with van der Waals surface area (Å²) in [5, 5.41) is 10.3. The van der Waals surface area contributed by atoms with Crippen LogP contribution >= 0.6 is 0 Å². The lowest BCUT2D eigenvalue weighted by atomic mass is 9.48. The molecule has 1 aromatic heterocycles. The fraction of sp³-hybridized carbons (Fsp3) is 0.762. The van der Waals surface area contributed by atoms with Crippen molar-refractivity contribution in [3.8, 4) is 0 Å². The van der Waals surface area contributed by atoms with Crippen LogP contribution in [0.1, 0.15) is 58.8 Å². The van der Waals surface area contributed by atoms with E-state index in [-0.39, 0.29) is 6.10 Å². The fourth-order valence-electron chi connectivity index (χ4n) is 7.51. The normalized spacial score (nSPS) is 50.1. The SMILES string of the molecule is C[C@]12CC(O)C[C@@H]1CC[C@@H]1[C@@H]2CC[C@]2(C)C(n3ccnc3)=CC[C@@H]12. The van der Waals surface area contributed by atoms with Gasteiger partial charge in [0, 0.05) is 23.5 Å². The molecule has 1 aromatic rings. The van der Waals surface area contributed by atoms with Crippen LogP contribution in [0, 0.1) is 34.5 Å². The highest BCUT2D eigenvalue weighted by atomic mass is 16.3. The molecule has 130 valence electrons. The van der Waals surface area contributed by atoms with Gasteiger partial charge in [0.2, 0.25) is 0 Å². The zero-order valence-corrected chi connectivity index (χ0v) is 15.0. The Bertz CT molecular complexity index is 665. The van der Waals surface area contributed by atoms with Crippen molar-refractivity contribution in [1.29, 1.82) is 0 Å². The minimum absolute atomic E-state index is 0.0460. The van der Waals surface area contributed by atoms with Crippen LogP contribution in [-0.2, 0) is 0 Å². The predicted octanol–water partition coefficient (Wildman–Crippen LogP) is 4.35. The number of allylic oxidation sites excluding steroid dienone is 2. The van der Waals surface area contributed by atoms with E-state index in [0.29, 0.717) is 10.8 Å². The smallest absolute Gasteiger partial charge is 0.0989 e. The first-order chi connectivity index (χ1) is 11.5. The Morgan fingerprint density at radius 2 is 2.08 bits per heavy atom. The zero-order valence-electron chi connectivity index (χ0n) is 15.0. The first-order valence-corrected chi connectivity index (χ1v) is 9.89. The Morgan fingerprint density at radius 3 is 2.88 bits per heavy atom. The molecule has 1 unspecified atom stereocenters. The molecule has 4 aliphatic carbocycles. The largest absolute Gasteiger partial charge is 0.393 e. The van der Waals surface area contributed by atoms with Crippen LogP contribution in [0.2, 0.25) is 0 Å². The van der Waals surface area contributed by atoms with Crippen LogP contribution in [0.3, 0.4) is 0 Å². The van der Waals surface area contributed by atoms with E-state index in [1.54, 1.807) is 0 Å². The molecule has 0 saturated heterocycles. The highest BCUT2D eigenvalue weighted by Crippen LogP contribution is 2.67. The Hall–Kier alpha value is -1.09. The summed E-state index contributed by atoms with van der Waals surface area (Å²) in [6, 6.07) is 0. The van der Waals surface area contributed by atoms with Crippen molar-refractivity contribution in [3.63, 3.8) is 0 Å². The van der Waals surface area contributed by atoms with Gasteiger partial charge < -0.3 is 9.67 Å². The molecule has 0 amide bonds. The summed E-state index contributed by atoms with van der Waals surface area (Å²) < 4.78 is 2.26. The van der Waals surface area contributed by atoms with Gasteiger partial charge in [-0.3, -0.25) is 0 Å². The van der Waals surface area contributed by atoms with E-state index >= 15 is 0 Å². The number of hydrogen-bond donors (Lipinski definition) is 1. The van der Waals surface area contributed by atoms with Gasteiger partial charge in [-0.05, 0) is 74.0 Å². The third kappa shape index (κ3) is 1.85. The third-order valence-electron chi connectivity index (χ3n) is 8.62. The van der Waals surface area contributed by atoms with Gasteiger partial charge in [-0.2, -0.15) is 0 Å². The van der Waals surface area contributed by atoms with Crippen LogP contribution in [0.25, 0.3) is 5.70 Å². The van der Waals surface area contributed by atoms with Crippen molar-refractivity contribution >= 4 is 5.70 Å². The summed E-state index contributed by atoms with van der Waals surface area (Å²) >= 11 is 0.